The van der Waals surface area contributed by atoms with Crippen molar-refractivity contribution in [1.29, 1.82) is 0 Å². The van der Waals surface area contributed by atoms with Crippen molar-refractivity contribution in [3.8, 4) is 0 Å². The van der Waals surface area contributed by atoms with E-state index in [1.807, 2.05) is 7.05 Å². The Labute approximate surface area is 114 Å². The topological polar surface area (TPSA) is 38.1 Å². The number of aliphatic hydroxyl groups is 1. The molecule has 1 aliphatic rings. The standard InChI is InChI=1S/C14H23ClN2O/c1-9(2)11-6-5-10(3)7-14(11,18)13-12(15)8-16-17(13)4/h8-11,18H,5-7H2,1-4H3. The van der Waals surface area contributed by atoms with Crippen LogP contribution in [0.15, 0.2) is 6.20 Å². The van der Waals surface area contributed by atoms with Crippen LogP contribution in [0.2, 0.25) is 5.02 Å². The molecule has 1 aromatic rings. The van der Waals surface area contributed by atoms with Crippen LogP contribution < -0.4 is 0 Å². The molecule has 0 bridgehead atoms. The second-order valence-corrected chi connectivity index (χ2v) is 6.53. The maximum absolute atomic E-state index is 11.2. The Morgan fingerprint density at radius 3 is 2.67 bits per heavy atom. The zero-order valence-electron chi connectivity index (χ0n) is 11.7. The first-order chi connectivity index (χ1) is 8.36. The third kappa shape index (κ3) is 2.19. The highest BCUT2D eigenvalue weighted by Crippen LogP contribution is 2.48. The molecule has 0 aliphatic heterocycles. The van der Waals surface area contributed by atoms with Gasteiger partial charge in [0.15, 0.2) is 0 Å². The summed E-state index contributed by atoms with van der Waals surface area (Å²) in [5.74, 6) is 1.21. The predicted molar refractivity (Wildman–Crippen MR) is 73.5 cm³/mol. The maximum Gasteiger partial charge on any atom is 0.111 e. The zero-order valence-corrected chi connectivity index (χ0v) is 12.4. The quantitative estimate of drug-likeness (QED) is 0.895. The van der Waals surface area contributed by atoms with Gasteiger partial charge in [-0.05, 0) is 30.6 Å². The summed E-state index contributed by atoms with van der Waals surface area (Å²) >= 11 is 6.24. The van der Waals surface area contributed by atoms with Crippen molar-refractivity contribution >= 4 is 11.6 Å². The predicted octanol–water partition coefficient (Wildman–Crippen LogP) is 3.35. The molecule has 1 saturated carbocycles. The van der Waals surface area contributed by atoms with E-state index in [2.05, 4.69) is 25.9 Å². The van der Waals surface area contributed by atoms with Crippen LogP contribution in [0.4, 0.5) is 0 Å². The molecule has 0 saturated heterocycles. The summed E-state index contributed by atoms with van der Waals surface area (Å²) in [5.41, 5.74) is -0.0526. The minimum atomic E-state index is -0.839. The molecule has 1 fully saturated rings. The molecule has 1 heterocycles. The molecule has 3 unspecified atom stereocenters. The van der Waals surface area contributed by atoms with E-state index in [9.17, 15) is 5.11 Å². The normalized spacial score (nSPS) is 33.1. The lowest BCUT2D eigenvalue weighted by molar-refractivity contribution is -0.0919. The lowest BCUT2D eigenvalue weighted by Gasteiger charge is -2.44. The zero-order chi connectivity index (χ0) is 13.5. The van der Waals surface area contributed by atoms with Crippen LogP contribution in [-0.2, 0) is 12.6 Å². The van der Waals surface area contributed by atoms with E-state index in [-0.39, 0.29) is 5.92 Å². The molecule has 3 atom stereocenters. The van der Waals surface area contributed by atoms with Crippen LogP contribution in [0, 0.1) is 17.8 Å². The van der Waals surface area contributed by atoms with Gasteiger partial charge in [0.25, 0.3) is 0 Å². The first-order valence-corrected chi connectivity index (χ1v) is 7.14. The van der Waals surface area contributed by atoms with Crippen LogP contribution in [-0.4, -0.2) is 14.9 Å². The molecule has 18 heavy (non-hydrogen) atoms. The number of aryl methyl sites for hydroxylation is 1. The fraction of sp³-hybridized carbons (Fsp3) is 0.786. The highest BCUT2D eigenvalue weighted by molar-refractivity contribution is 6.31. The van der Waals surface area contributed by atoms with Crippen LogP contribution in [0.3, 0.4) is 0 Å². The second-order valence-electron chi connectivity index (χ2n) is 6.13. The number of hydrogen-bond acceptors (Lipinski definition) is 2. The van der Waals surface area contributed by atoms with Crippen LogP contribution in [0.1, 0.15) is 45.7 Å². The fourth-order valence-corrected chi connectivity index (χ4v) is 3.87. The van der Waals surface area contributed by atoms with Crippen LogP contribution in [0.5, 0.6) is 0 Å². The average Bonchev–Trinajstić information content (AvgIpc) is 2.58. The first-order valence-electron chi connectivity index (χ1n) is 6.76. The van der Waals surface area contributed by atoms with E-state index < -0.39 is 5.60 Å². The second kappa shape index (κ2) is 4.86. The lowest BCUT2D eigenvalue weighted by atomic mass is 9.65. The third-order valence-corrected chi connectivity index (χ3v) is 4.63. The fourth-order valence-electron chi connectivity index (χ4n) is 3.54. The number of hydrogen-bond donors (Lipinski definition) is 1. The summed E-state index contributed by atoms with van der Waals surface area (Å²) in [4.78, 5) is 0. The van der Waals surface area contributed by atoms with Crippen molar-refractivity contribution in [2.24, 2.45) is 24.8 Å². The molecule has 3 nitrogen and oxygen atoms in total. The molecule has 1 N–H and O–H groups in total. The average molecular weight is 271 g/mol. The summed E-state index contributed by atoms with van der Waals surface area (Å²) in [7, 11) is 1.86. The highest BCUT2D eigenvalue weighted by atomic mass is 35.5. The molecule has 0 amide bonds. The number of aromatic nitrogens is 2. The Hall–Kier alpha value is -0.540. The summed E-state index contributed by atoms with van der Waals surface area (Å²) in [6.45, 7) is 6.55. The minimum absolute atomic E-state index is 0.251. The Morgan fingerprint density at radius 2 is 2.17 bits per heavy atom. The summed E-state index contributed by atoms with van der Waals surface area (Å²) in [6.07, 6.45) is 4.64. The van der Waals surface area contributed by atoms with Gasteiger partial charge < -0.3 is 5.11 Å². The summed E-state index contributed by atoms with van der Waals surface area (Å²) < 4.78 is 1.73. The van der Waals surface area contributed by atoms with Gasteiger partial charge >= 0.3 is 0 Å². The number of nitrogens with zero attached hydrogens (tertiary/aromatic N) is 2. The van der Waals surface area contributed by atoms with Gasteiger partial charge in [0.2, 0.25) is 0 Å². The molecule has 4 heteroatoms. The van der Waals surface area contributed by atoms with Crippen molar-refractivity contribution < 1.29 is 5.11 Å². The van der Waals surface area contributed by atoms with E-state index in [1.54, 1.807) is 10.9 Å². The molecule has 0 aromatic carbocycles. The number of rotatable bonds is 2. The molecular formula is C14H23ClN2O. The SMILES string of the molecule is CC1CCC(C(C)C)C(O)(c2c(Cl)cnn2C)C1. The van der Waals surface area contributed by atoms with E-state index in [0.717, 1.165) is 18.5 Å². The van der Waals surface area contributed by atoms with Gasteiger partial charge in [0.05, 0.1) is 16.9 Å². The Bertz CT molecular complexity index is 410. The molecule has 0 radical (unpaired) electrons. The van der Waals surface area contributed by atoms with E-state index in [4.69, 9.17) is 11.6 Å². The van der Waals surface area contributed by atoms with Gasteiger partial charge in [0.1, 0.15) is 5.60 Å². The number of halogens is 1. The highest BCUT2D eigenvalue weighted by Gasteiger charge is 2.46. The summed E-state index contributed by atoms with van der Waals surface area (Å²) in [5, 5.41) is 16.0. The molecule has 2 rings (SSSR count). The largest absolute Gasteiger partial charge is 0.383 e. The van der Waals surface area contributed by atoms with E-state index >= 15 is 0 Å². The van der Waals surface area contributed by atoms with Crippen LogP contribution >= 0.6 is 11.6 Å². The van der Waals surface area contributed by atoms with Gasteiger partial charge in [-0.15, -0.1) is 0 Å². The van der Waals surface area contributed by atoms with E-state index in [1.165, 1.54) is 6.42 Å². The molecule has 102 valence electrons. The lowest BCUT2D eigenvalue weighted by Crippen LogP contribution is -2.44. The van der Waals surface area contributed by atoms with Crippen molar-refractivity contribution in [3.05, 3.63) is 16.9 Å². The molecule has 1 aliphatic carbocycles. The van der Waals surface area contributed by atoms with Gasteiger partial charge in [-0.2, -0.15) is 5.10 Å². The van der Waals surface area contributed by atoms with Gasteiger partial charge in [-0.3, -0.25) is 4.68 Å². The van der Waals surface area contributed by atoms with Crippen molar-refractivity contribution in [3.63, 3.8) is 0 Å². The smallest absolute Gasteiger partial charge is 0.111 e. The van der Waals surface area contributed by atoms with Crippen molar-refractivity contribution in [2.75, 3.05) is 0 Å². The van der Waals surface area contributed by atoms with Crippen molar-refractivity contribution in [2.45, 2.75) is 45.6 Å². The van der Waals surface area contributed by atoms with E-state index in [0.29, 0.717) is 16.9 Å². The Balaban J connectivity index is 2.47. The molecule has 1 aromatic heterocycles. The maximum atomic E-state index is 11.2. The third-order valence-electron chi connectivity index (χ3n) is 4.35. The van der Waals surface area contributed by atoms with Crippen LogP contribution in [0.25, 0.3) is 0 Å². The monoisotopic (exact) mass is 270 g/mol. The molecular weight excluding hydrogens is 248 g/mol. The van der Waals surface area contributed by atoms with Gasteiger partial charge in [0, 0.05) is 7.05 Å². The minimum Gasteiger partial charge on any atom is -0.383 e. The Kier molecular flexibility index (Phi) is 3.75. The Morgan fingerprint density at radius 1 is 1.50 bits per heavy atom. The first kappa shape index (κ1) is 13.9. The van der Waals surface area contributed by atoms with Gasteiger partial charge in [-0.25, -0.2) is 0 Å². The molecule has 0 spiro atoms. The summed E-state index contributed by atoms with van der Waals surface area (Å²) in [6, 6.07) is 0. The van der Waals surface area contributed by atoms with Crippen molar-refractivity contribution in [1.82, 2.24) is 9.78 Å². The van der Waals surface area contributed by atoms with Gasteiger partial charge in [-0.1, -0.05) is 38.8 Å².